The molecule has 2 N–H and O–H groups in total. The Labute approximate surface area is 132 Å². The number of hydrogen-bond donors (Lipinski definition) is 2. The van der Waals surface area contributed by atoms with E-state index < -0.39 is 17.7 Å². The maximum atomic E-state index is 13.3. The minimum atomic E-state index is -0.924. The third kappa shape index (κ3) is 5.34. The number of carbonyl (C=O) groups is 1. The first kappa shape index (κ1) is 16.9. The largest absolute Gasteiger partial charge is 0.490 e. The van der Waals surface area contributed by atoms with Crippen LogP contribution in [-0.2, 0) is 4.79 Å². The topological polar surface area (TPSA) is 58.6 Å². The van der Waals surface area contributed by atoms with E-state index in [2.05, 4.69) is 5.32 Å². The number of aliphatic hydroxyl groups excluding tert-OH is 1. The van der Waals surface area contributed by atoms with Gasteiger partial charge in [-0.1, -0.05) is 24.3 Å². The molecule has 2 aromatic carbocycles. The van der Waals surface area contributed by atoms with Crippen molar-refractivity contribution in [2.75, 3.05) is 13.2 Å². The highest BCUT2D eigenvalue weighted by Crippen LogP contribution is 2.15. The van der Waals surface area contributed by atoms with Crippen LogP contribution in [0.15, 0.2) is 48.5 Å². The molecule has 6 heteroatoms. The number of rotatable bonds is 7. The molecule has 0 spiro atoms. The summed E-state index contributed by atoms with van der Waals surface area (Å²) in [5.41, 5.74) is 0.509. The van der Waals surface area contributed by atoms with E-state index in [1.807, 2.05) is 0 Å². The van der Waals surface area contributed by atoms with E-state index in [0.29, 0.717) is 5.56 Å². The predicted octanol–water partition coefficient (Wildman–Crippen LogP) is 2.58. The lowest BCUT2D eigenvalue weighted by atomic mass is 10.1. The molecule has 0 saturated heterocycles. The lowest BCUT2D eigenvalue weighted by molar-refractivity contribution is -0.122. The normalized spacial score (nSPS) is 11.8. The number of ether oxygens (including phenoxy) is 1. The molecule has 0 aliphatic carbocycles. The Bertz CT molecular complexity index is 647. The number of halogens is 2. The summed E-state index contributed by atoms with van der Waals surface area (Å²) in [5, 5.41) is 12.4. The third-order valence-electron chi connectivity index (χ3n) is 3.17. The second kappa shape index (κ2) is 8.24. The highest BCUT2D eigenvalue weighted by Gasteiger charge is 2.10. The van der Waals surface area contributed by atoms with Crippen LogP contribution in [0, 0.1) is 11.6 Å². The van der Waals surface area contributed by atoms with E-state index in [1.165, 1.54) is 36.4 Å². The molecule has 0 aliphatic rings. The summed E-state index contributed by atoms with van der Waals surface area (Å²) in [5.74, 6) is -1.12. The Kier molecular flexibility index (Phi) is 6.05. The first-order chi connectivity index (χ1) is 11.1. The molecule has 0 radical (unpaired) electrons. The van der Waals surface area contributed by atoms with Crippen molar-refractivity contribution in [2.24, 2.45) is 0 Å². The fourth-order valence-corrected chi connectivity index (χ4v) is 1.92. The van der Waals surface area contributed by atoms with Gasteiger partial charge in [-0.05, 0) is 29.8 Å². The molecule has 2 rings (SSSR count). The number of nitrogens with one attached hydrogen (secondary N) is 1. The van der Waals surface area contributed by atoms with E-state index in [0.717, 1.165) is 0 Å². The zero-order valence-corrected chi connectivity index (χ0v) is 12.3. The lowest BCUT2D eigenvalue weighted by Gasteiger charge is -2.12. The first-order valence-electron chi connectivity index (χ1n) is 7.14. The van der Waals surface area contributed by atoms with Crippen molar-refractivity contribution in [3.05, 3.63) is 65.7 Å². The van der Waals surface area contributed by atoms with Crippen LogP contribution in [0.3, 0.4) is 0 Å². The van der Waals surface area contributed by atoms with Crippen LogP contribution >= 0.6 is 0 Å². The molecular formula is C17H17F2NO3. The summed E-state index contributed by atoms with van der Waals surface area (Å²) >= 11 is 0. The van der Waals surface area contributed by atoms with Gasteiger partial charge in [-0.25, -0.2) is 8.78 Å². The van der Waals surface area contributed by atoms with Crippen molar-refractivity contribution in [3.8, 4) is 5.75 Å². The number of hydrogen-bond acceptors (Lipinski definition) is 3. The highest BCUT2D eigenvalue weighted by atomic mass is 19.1. The lowest BCUT2D eigenvalue weighted by Crippen LogP contribution is -2.29. The molecule has 122 valence electrons. The van der Waals surface area contributed by atoms with Crippen LogP contribution in [0.4, 0.5) is 8.78 Å². The SMILES string of the molecule is O=C(CCOc1ccccc1F)NCC(O)c1ccc(F)cc1. The Hall–Kier alpha value is -2.47. The highest BCUT2D eigenvalue weighted by molar-refractivity contribution is 5.76. The maximum absolute atomic E-state index is 13.3. The monoisotopic (exact) mass is 321 g/mol. The molecule has 0 aromatic heterocycles. The smallest absolute Gasteiger partial charge is 0.223 e. The fraction of sp³-hybridized carbons (Fsp3) is 0.235. The molecule has 2 aromatic rings. The van der Waals surface area contributed by atoms with Gasteiger partial charge in [0.15, 0.2) is 11.6 Å². The minimum absolute atomic E-state index is 0.00413. The molecule has 0 saturated carbocycles. The van der Waals surface area contributed by atoms with Crippen LogP contribution in [0.2, 0.25) is 0 Å². The number of benzene rings is 2. The molecule has 0 bridgehead atoms. The molecule has 0 fully saturated rings. The average Bonchev–Trinajstić information content (AvgIpc) is 2.55. The van der Waals surface area contributed by atoms with Crippen molar-refractivity contribution in [1.29, 1.82) is 0 Å². The van der Waals surface area contributed by atoms with Gasteiger partial charge in [0, 0.05) is 6.54 Å². The minimum Gasteiger partial charge on any atom is -0.490 e. The van der Waals surface area contributed by atoms with Gasteiger partial charge in [0.25, 0.3) is 0 Å². The van der Waals surface area contributed by atoms with Crippen LogP contribution in [0.25, 0.3) is 0 Å². The molecule has 4 nitrogen and oxygen atoms in total. The van der Waals surface area contributed by atoms with Crippen molar-refractivity contribution < 1.29 is 23.4 Å². The van der Waals surface area contributed by atoms with E-state index in [9.17, 15) is 18.7 Å². The van der Waals surface area contributed by atoms with E-state index >= 15 is 0 Å². The van der Waals surface area contributed by atoms with Gasteiger partial charge in [0.1, 0.15) is 5.82 Å². The number of amides is 1. The molecule has 23 heavy (non-hydrogen) atoms. The van der Waals surface area contributed by atoms with Crippen LogP contribution in [-0.4, -0.2) is 24.2 Å². The van der Waals surface area contributed by atoms with Crippen LogP contribution in [0.1, 0.15) is 18.1 Å². The zero-order valence-electron chi connectivity index (χ0n) is 12.3. The van der Waals surface area contributed by atoms with Gasteiger partial charge >= 0.3 is 0 Å². The zero-order chi connectivity index (χ0) is 16.7. The summed E-state index contributed by atoms with van der Waals surface area (Å²) in [4.78, 5) is 11.7. The summed E-state index contributed by atoms with van der Waals surface area (Å²) in [6.07, 6.45) is -0.892. The average molecular weight is 321 g/mol. The van der Waals surface area contributed by atoms with Crippen LogP contribution in [0.5, 0.6) is 5.75 Å². The second-order valence-corrected chi connectivity index (χ2v) is 4.90. The molecule has 1 amide bonds. The van der Waals surface area contributed by atoms with Gasteiger partial charge in [-0.2, -0.15) is 0 Å². The number of para-hydroxylation sites is 1. The molecule has 0 aliphatic heterocycles. The fourth-order valence-electron chi connectivity index (χ4n) is 1.92. The van der Waals surface area contributed by atoms with Gasteiger partial charge in [0.05, 0.1) is 19.1 Å². The molecule has 1 atom stereocenters. The van der Waals surface area contributed by atoms with Crippen LogP contribution < -0.4 is 10.1 Å². The van der Waals surface area contributed by atoms with E-state index in [4.69, 9.17) is 4.74 Å². The third-order valence-corrected chi connectivity index (χ3v) is 3.17. The summed E-state index contributed by atoms with van der Waals surface area (Å²) < 4.78 is 31.3. The molecular weight excluding hydrogens is 304 g/mol. The number of carbonyl (C=O) groups excluding carboxylic acids is 1. The van der Waals surface area contributed by atoms with E-state index in [-0.39, 0.29) is 31.2 Å². The van der Waals surface area contributed by atoms with Gasteiger partial charge in [0.2, 0.25) is 5.91 Å². The van der Waals surface area contributed by atoms with Crippen molar-refractivity contribution in [3.63, 3.8) is 0 Å². The maximum Gasteiger partial charge on any atom is 0.223 e. The van der Waals surface area contributed by atoms with Crippen molar-refractivity contribution in [1.82, 2.24) is 5.32 Å². The Morgan fingerprint density at radius 3 is 2.52 bits per heavy atom. The predicted molar refractivity (Wildman–Crippen MR) is 80.9 cm³/mol. The Morgan fingerprint density at radius 2 is 1.83 bits per heavy atom. The standard InChI is InChI=1S/C17H17F2NO3/c18-13-7-5-12(6-8-13)15(21)11-20-17(22)9-10-23-16-4-2-1-3-14(16)19/h1-8,15,21H,9-11H2,(H,20,22). The Balaban J connectivity index is 1.71. The summed E-state index contributed by atoms with van der Waals surface area (Å²) in [6, 6.07) is 11.3. The Morgan fingerprint density at radius 1 is 1.13 bits per heavy atom. The van der Waals surface area contributed by atoms with Gasteiger partial charge in [-0.15, -0.1) is 0 Å². The van der Waals surface area contributed by atoms with Crippen molar-refractivity contribution >= 4 is 5.91 Å². The second-order valence-electron chi connectivity index (χ2n) is 4.90. The first-order valence-corrected chi connectivity index (χ1v) is 7.14. The van der Waals surface area contributed by atoms with Gasteiger partial charge in [-0.3, -0.25) is 4.79 Å². The van der Waals surface area contributed by atoms with E-state index in [1.54, 1.807) is 12.1 Å². The quantitative estimate of drug-likeness (QED) is 0.824. The van der Waals surface area contributed by atoms with Gasteiger partial charge < -0.3 is 15.2 Å². The number of aliphatic hydroxyl groups is 1. The summed E-state index contributed by atoms with van der Waals surface area (Å²) in [7, 11) is 0. The summed E-state index contributed by atoms with van der Waals surface area (Å²) in [6.45, 7) is 0.0313. The molecule has 0 heterocycles. The molecule has 1 unspecified atom stereocenters. The van der Waals surface area contributed by atoms with Crippen molar-refractivity contribution in [2.45, 2.75) is 12.5 Å².